The van der Waals surface area contributed by atoms with Gasteiger partial charge in [0.2, 0.25) is 5.95 Å². The van der Waals surface area contributed by atoms with Crippen LogP contribution in [-0.4, -0.2) is 40.4 Å². The van der Waals surface area contributed by atoms with Crippen molar-refractivity contribution in [1.29, 1.82) is 0 Å². The van der Waals surface area contributed by atoms with Crippen molar-refractivity contribution in [3.63, 3.8) is 0 Å². The Hall–Kier alpha value is -3.82. The maximum atomic E-state index is 12.2. The molecular weight excluding hydrogens is 358 g/mol. The van der Waals surface area contributed by atoms with Gasteiger partial charge in [0.05, 0.1) is 12.7 Å². The molecule has 10 heteroatoms. The first-order valence-electron chi connectivity index (χ1n) is 8.97. The smallest absolute Gasteiger partial charge is 0.271 e. The minimum absolute atomic E-state index is 0.166. The van der Waals surface area contributed by atoms with Crippen molar-refractivity contribution < 1.29 is 4.79 Å². The van der Waals surface area contributed by atoms with Gasteiger partial charge >= 0.3 is 0 Å². The summed E-state index contributed by atoms with van der Waals surface area (Å²) in [5, 5.41) is 13.4. The zero-order chi connectivity index (χ0) is 18.9. The second kappa shape index (κ2) is 6.72. The van der Waals surface area contributed by atoms with Gasteiger partial charge in [-0.2, -0.15) is 10.1 Å². The fourth-order valence-corrected chi connectivity index (χ4v) is 2.93. The number of H-pyrrole nitrogens is 1. The van der Waals surface area contributed by atoms with Gasteiger partial charge in [-0.15, -0.1) is 0 Å². The molecule has 0 unspecified atom stereocenters. The number of aromatic nitrogens is 7. The van der Waals surface area contributed by atoms with Gasteiger partial charge in [-0.05, 0) is 25.0 Å². The van der Waals surface area contributed by atoms with Crippen LogP contribution in [0.1, 0.15) is 40.8 Å². The molecular formula is C18H17N9O. The minimum Gasteiger partial charge on any atom is -0.343 e. The summed E-state index contributed by atoms with van der Waals surface area (Å²) in [4.78, 5) is 29.1. The number of aromatic amines is 1. The van der Waals surface area contributed by atoms with E-state index in [0.29, 0.717) is 23.5 Å². The molecule has 5 rings (SSSR count). The van der Waals surface area contributed by atoms with Crippen LogP contribution >= 0.6 is 0 Å². The molecule has 0 radical (unpaired) electrons. The minimum atomic E-state index is -0.331. The molecule has 28 heavy (non-hydrogen) atoms. The Balaban J connectivity index is 1.36. The summed E-state index contributed by atoms with van der Waals surface area (Å²) in [6.45, 7) is 0.166. The van der Waals surface area contributed by atoms with Crippen molar-refractivity contribution >= 4 is 23.3 Å². The molecule has 3 N–H and O–H groups in total. The van der Waals surface area contributed by atoms with Gasteiger partial charge in [0.1, 0.15) is 11.3 Å². The van der Waals surface area contributed by atoms with Crippen LogP contribution in [-0.2, 0) is 6.54 Å². The summed E-state index contributed by atoms with van der Waals surface area (Å²) >= 11 is 0. The molecule has 0 aliphatic heterocycles. The van der Waals surface area contributed by atoms with Crippen LogP contribution < -0.4 is 10.6 Å². The van der Waals surface area contributed by atoms with E-state index in [0.717, 1.165) is 11.3 Å². The first-order valence-corrected chi connectivity index (χ1v) is 8.97. The normalized spacial score (nSPS) is 13.6. The first-order chi connectivity index (χ1) is 13.8. The number of hydrogen-bond acceptors (Lipinski definition) is 7. The van der Waals surface area contributed by atoms with Crippen molar-refractivity contribution in [3.8, 4) is 0 Å². The average Bonchev–Trinajstić information content (AvgIpc) is 3.28. The molecule has 10 nitrogen and oxygen atoms in total. The van der Waals surface area contributed by atoms with Crippen LogP contribution in [0, 0.1) is 0 Å². The van der Waals surface area contributed by atoms with Gasteiger partial charge in [0.25, 0.3) is 5.91 Å². The lowest BCUT2D eigenvalue weighted by atomic mass is 10.3. The third kappa shape index (κ3) is 3.27. The number of hydrogen-bond donors (Lipinski definition) is 3. The van der Waals surface area contributed by atoms with Crippen LogP contribution in [0.2, 0.25) is 0 Å². The zero-order valence-electron chi connectivity index (χ0n) is 14.8. The van der Waals surface area contributed by atoms with E-state index < -0.39 is 0 Å². The number of amides is 1. The highest BCUT2D eigenvalue weighted by Crippen LogP contribution is 2.39. The summed E-state index contributed by atoms with van der Waals surface area (Å²) in [7, 11) is 0. The Morgan fingerprint density at radius 2 is 2.21 bits per heavy atom. The van der Waals surface area contributed by atoms with Gasteiger partial charge in [0, 0.05) is 36.3 Å². The monoisotopic (exact) mass is 375 g/mol. The molecule has 1 amide bonds. The molecule has 4 aromatic rings. The number of fused-ring (bicyclic) bond motifs is 1. The fourth-order valence-electron chi connectivity index (χ4n) is 2.93. The quantitative estimate of drug-likeness (QED) is 0.469. The Morgan fingerprint density at radius 1 is 1.29 bits per heavy atom. The van der Waals surface area contributed by atoms with Gasteiger partial charge in [-0.1, -0.05) is 0 Å². The lowest BCUT2D eigenvalue weighted by Crippen LogP contribution is -2.25. The molecule has 140 valence electrons. The van der Waals surface area contributed by atoms with Crippen molar-refractivity contribution in [1.82, 2.24) is 39.9 Å². The Kier molecular flexibility index (Phi) is 3.93. The standard InChI is InChI=1S/C18H17N9O/c28-17(13-9-19-5-6-20-13)21-10-15-22-16-2-1-7-27(16)18(24-15)23-14-8-12(25-26-14)11-3-4-11/h1-2,5-9,11H,3-4,10H2,(H,21,28)(H2,22,23,24,25,26). The third-order valence-electron chi connectivity index (χ3n) is 4.49. The van der Waals surface area contributed by atoms with E-state index in [2.05, 4.69) is 40.8 Å². The van der Waals surface area contributed by atoms with Gasteiger partial charge < -0.3 is 10.6 Å². The summed E-state index contributed by atoms with van der Waals surface area (Å²) in [5.74, 6) is 2.01. The molecule has 1 aliphatic rings. The molecule has 4 heterocycles. The maximum absolute atomic E-state index is 12.2. The second-order valence-corrected chi connectivity index (χ2v) is 6.58. The summed E-state index contributed by atoms with van der Waals surface area (Å²) in [6.07, 6.45) is 8.67. The van der Waals surface area contributed by atoms with Gasteiger partial charge in [-0.3, -0.25) is 19.3 Å². The number of nitrogens with zero attached hydrogens (tertiary/aromatic N) is 6. The zero-order valence-corrected chi connectivity index (χ0v) is 14.8. The molecule has 0 saturated heterocycles. The van der Waals surface area contributed by atoms with E-state index in [1.54, 1.807) is 0 Å². The van der Waals surface area contributed by atoms with Crippen LogP contribution in [0.4, 0.5) is 11.8 Å². The molecule has 1 aliphatic carbocycles. The van der Waals surface area contributed by atoms with Crippen LogP contribution in [0.25, 0.3) is 5.65 Å². The van der Waals surface area contributed by atoms with E-state index in [1.165, 1.54) is 31.4 Å². The molecule has 0 aromatic carbocycles. The number of carbonyl (C=O) groups is 1. The molecule has 1 saturated carbocycles. The van der Waals surface area contributed by atoms with Crippen molar-refractivity contribution in [2.24, 2.45) is 0 Å². The van der Waals surface area contributed by atoms with Gasteiger partial charge in [0.15, 0.2) is 11.6 Å². The highest BCUT2D eigenvalue weighted by Gasteiger charge is 2.25. The molecule has 1 fully saturated rings. The highest BCUT2D eigenvalue weighted by atomic mass is 16.1. The molecule has 0 spiro atoms. The van der Waals surface area contributed by atoms with Gasteiger partial charge in [-0.25, -0.2) is 9.97 Å². The van der Waals surface area contributed by atoms with Crippen LogP contribution in [0.3, 0.4) is 0 Å². The van der Waals surface area contributed by atoms with E-state index in [4.69, 9.17) is 0 Å². The third-order valence-corrected chi connectivity index (χ3v) is 4.49. The van der Waals surface area contributed by atoms with E-state index in [9.17, 15) is 4.79 Å². The van der Waals surface area contributed by atoms with Crippen molar-refractivity contribution in [3.05, 3.63) is 60.2 Å². The number of anilines is 2. The highest BCUT2D eigenvalue weighted by molar-refractivity contribution is 5.91. The molecule has 0 atom stereocenters. The SMILES string of the molecule is O=C(NCc1nc(Nc2cc(C3CC3)[nH]n2)n2cccc2n1)c1cnccn1. The second-order valence-electron chi connectivity index (χ2n) is 6.58. The Labute approximate surface area is 159 Å². The van der Waals surface area contributed by atoms with Crippen molar-refractivity contribution in [2.45, 2.75) is 25.3 Å². The largest absolute Gasteiger partial charge is 0.343 e. The predicted molar refractivity (Wildman–Crippen MR) is 100 cm³/mol. The van der Waals surface area contributed by atoms with E-state index in [-0.39, 0.29) is 18.1 Å². The predicted octanol–water partition coefficient (Wildman–Crippen LogP) is 1.79. The number of nitrogens with one attached hydrogen (secondary N) is 3. The molecule has 4 aromatic heterocycles. The van der Waals surface area contributed by atoms with Crippen LogP contribution in [0.15, 0.2) is 43.0 Å². The topological polar surface area (TPSA) is 126 Å². The summed E-state index contributed by atoms with van der Waals surface area (Å²) < 4.78 is 1.83. The Bertz CT molecular complexity index is 1130. The Morgan fingerprint density at radius 3 is 3.04 bits per heavy atom. The number of carbonyl (C=O) groups excluding carboxylic acids is 1. The van der Waals surface area contributed by atoms with Crippen molar-refractivity contribution in [2.75, 3.05) is 5.32 Å². The lowest BCUT2D eigenvalue weighted by molar-refractivity contribution is 0.0944. The summed E-state index contributed by atoms with van der Waals surface area (Å²) in [6, 6.07) is 5.77. The first kappa shape index (κ1) is 16.4. The lowest BCUT2D eigenvalue weighted by Gasteiger charge is -2.09. The van der Waals surface area contributed by atoms with E-state index >= 15 is 0 Å². The maximum Gasteiger partial charge on any atom is 0.271 e. The molecule has 0 bridgehead atoms. The van der Waals surface area contributed by atoms with E-state index in [1.807, 2.05) is 28.8 Å². The average molecular weight is 375 g/mol. The van der Waals surface area contributed by atoms with Crippen LogP contribution in [0.5, 0.6) is 0 Å². The fraction of sp³-hybridized carbons (Fsp3) is 0.222. The summed E-state index contributed by atoms with van der Waals surface area (Å²) in [5.41, 5.74) is 2.10. The number of rotatable bonds is 6.